The lowest BCUT2D eigenvalue weighted by Gasteiger charge is -2.35. The number of hydrogen-bond acceptors (Lipinski definition) is 3. The van der Waals surface area contributed by atoms with E-state index < -0.39 is 0 Å². The molecule has 0 bridgehead atoms. The van der Waals surface area contributed by atoms with Crippen molar-refractivity contribution in [2.45, 2.75) is 39.0 Å². The predicted molar refractivity (Wildman–Crippen MR) is 114 cm³/mol. The van der Waals surface area contributed by atoms with Crippen molar-refractivity contribution < 1.29 is 9.59 Å². The third-order valence-electron chi connectivity index (χ3n) is 6.40. The molecule has 5 nitrogen and oxygen atoms in total. The molecule has 1 aromatic rings. The minimum Gasteiger partial charge on any atom is -0.342 e. The Hall–Kier alpha value is -1.59. The first kappa shape index (κ1) is 22.7. The van der Waals surface area contributed by atoms with E-state index in [4.69, 9.17) is 5.73 Å². The van der Waals surface area contributed by atoms with E-state index in [0.717, 1.165) is 38.9 Å². The number of nitrogens with two attached hydrogens (primary N) is 1. The first-order chi connectivity index (χ1) is 13.0. The van der Waals surface area contributed by atoms with Crippen LogP contribution in [0, 0.1) is 17.8 Å². The first-order valence-electron chi connectivity index (χ1n) is 10.4. The highest BCUT2D eigenvalue weighted by atomic mass is 35.5. The lowest BCUT2D eigenvalue weighted by atomic mass is 9.89. The van der Waals surface area contributed by atoms with E-state index in [1.165, 1.54) is 5.56 Å². The van der Waals surface area contributed by atoms with Gasteiger partial charge in [0.25, 0.3) is 0 Å². The third kappa shape index (κ3) is 4.87. The Kier molecular flexibility index (Phi) is 8.32. The summed E-state index contributed by atoms with van der Waals surface area (Å²) in [7, 11) is 0. The lowest BCUT2D eigenvalue weighted by molar-refractivity contribution is -0.142. The summed E-state index contributed by atoms with van der Waals surface area (Å²) in [6.07, 6.45) is 2.63. The molecule has 0 radical (unpaired) electrons. The van der Waals surface area contributed by atoms with Crippen molar-refractivity contribution in [3.05, 3.63) is 35.9 Å². The summed E-state index contributed by atoms with van der Waals surface area (Å²) in [5.74, 6) is 0.973. The van der Waals surface area contributed by atoms with Gasteiger partial charge in [0.05, 0.1) is 5.92 Å². The number of likely N-dealkylation sites (tertiary alicyclic amines) is 2. The van der Waals surface area contributed by atoms with E-state index in [1.54, 1.807) is 0 Å². The zero-order valence-electron chi connectivity index (χ0n) is 17.0. The molecule has 28 heavy (non-hydrogen) atoms. The Bertz CT molecular complexity index is 654. The Labute approximate surface area is 175 Å². The van der Waals surface area contributed by atoms with E-state index in [9.17, 15) is 9.59 Å². The zero-order chi connectivity index (χ0) is 19.4. The molecule has 2 saturated heterocycles. The molecule has 0 aliphatic carbocycles. The van der Waals surface area contributed by atoms with Crippen LogP contribution in [0.1, 0.15) is 44.6 Å². The van der Waals surface area contributed by atoms with E-state index in [1.807, 2.05) is 41.8 Å². The number of rotatable bonds is 5. The van der Waals surface area contributed by atoms with Gasteiger partial charge in [-0.25, -0.2) is 0 Å². The molecule has 156 valence electrons. The maximum absolute atomic E-state index is 13.2. The smallest absolute Gasteiger partial charge is 0.227 e. The maximum atomic E-state index is 13.2. The lowest BCUT2D eigenvalue weighted by Crippen LogP contribution is -2.47. The summed E-state index contributed by atoms with van der Waals surface area (Å²) in [5, 5.41) is 0. The monoisotopic (exact) mass is 407 g/mol. The Morgan fingerprint density at radius 1 is 1.14 bits per heavy atom. The van der Waals surface area contributed by atoms with Gasteiger partial charge in [0, 0.05) is 38.0 Å². The molecule has 2 N–H and O–H groups in total. The van der Waals surface area contributed by atoms with Crippen molar-refractivity contribution >= 4 is 24.2 Å². The van der Waals surface area contributed by atoms with Crippen LogP contribution in [0.5, 0.6) is 0 Å². The summed E-state index contributed by atoms with van der Waals surface area (Å²) < 4.78 is 0. The third-order valence-corrected chi connectivity index (χ3v) is 6.40. The summed E-state index contributed by atoms with van der Waals surface area (Å²) in [6, 6.07) is 10.4. The van der Waals surface area contributed by atoms with Crippen LogP contribution in [0.2, 0.25) is 0 Å². The predicted octanol–water partition coefficient (Wildman–Crippen LogP) is 2.89. The summed E-state index contributed by atoms with van der Waals surface area (Å²) >= 11 is 0. The van der Waals surface area contributed by atoms with Crippen LogP contribution in [-0.2, 0) is 9.59 Å². The topological polar surface area (TPSA) is 66.6 Å². The van der Waals surface area contributed by atoms with Crippen LogP contribution in [0.3, 0.4) is 0 Å². The average molecular weight is 408 g/mol. The molecule has 0 aromatic heterocycles. The van der Waals surface area contributed by atoms with Gasteiger partial charge >= 0.3 is 0 Å². The fraction of sp³-hybridized carbons (Fsp3) is 0.636. The minimum absolute atomic E-state index is 0. The molecule has 6 heteroatoms. The second-order valence-electron chi connectivity index (χ2n) is 8.19. The van der Waals surface area contributed by atoms with Crippen molar-refractivity contribution in [1.82, 2.24) is 9.80 Å². The molecular formula is C22H34ClN3O2. The zero-order valence-corrected chi connectivity index (χ0v) is 17.9. The average Bonchev–Trinajstić information content (AvgIpc) is 3.17. The Balaban J connectivity index is 0.00000280. The summed E-state index contributed by atoms with van der Waals surface area (Å²) in [4.78, 5) is 29.6. The van der Waals surface area contributed by atoms with E-state index in [0.29, 0.717) is 24.9 Å². The number of amides is 2. The molecule has 2 amide bonds. The highest BCUT2D eigenvalue weighted by Crippen LogP contribution is 2.33. The van der Waals surface area contributed by atoms with Gasteiger partial charge in [-0.2, -0.15) is 0 Å². The molecule has 2 aliphatic heterocycles. The van der Waals surface area contributed by atoms with Crippen LogP contribution < -0.4 is 5.73 Å². The maximum Gasteiger partial charge on any atom is 0.227 e. The molecule has 2 heterocycles. The number of nitrogens with zero attached hydrogens (tertiary/aromatic N) is 2. The minimum atomic E-state index is -0.0697. The standard InChI is InChI=1S/C22H33N3O2.ClH/c1-3-16(2)21(26)24-11-7-10-18(13-24)22(27)25-14-19(12-23)20(15-25)17-8-5-4-6-9-17;/h4-6,8-9,16,18-20H,3,7,10-15,23H2,1-2H3;1H/t16?,18?,19-,20+;/m1./s1. The summed E-state index contributed by atoms with van der Waals surface area (Å²) in [6.45, 7) is 7.42. The number of piperidine rings is 1. The number of carbonyl (C=O) groups excluding carboxylic acids is 2. The van der Waals surface area contributed by atoms with Gasteiger partial charge in [-0.3, -0.25) is 9.59 Å². The Morgan fingerprint density at radius 2 is 1.86 bits per heavy atom. The summed E-state index contributed by atoms with van der Waals surface area (Å²) in [5.41, 5.74) is 7.29. The molecule has 1 aromatic carbocycles. The van der Waals surface area contributed by atoms with Gasteiger partial charge in [-0.15, -0.1) is 12.4 Å². The van der Waals surface area contributed by atoms with Crippen molar-refractivity contribution in [1.29, 1.82) is 0 Å². The SMILES string of the molecule is CCC(C)C(=O)N1CCCC(C(=O)N2C[C@@H](CN)[C@H](c3ccccc3)C2)C1.Cl. The van der Waals surface area contributed by atoms with Gasteiger partial charge in [0.15, 0.2) is 0 Å². The molecule has 2 aliphatic rings. The van der Waals surface area contributed by atoms with Crippen molar-refractivity contribution in [3.8, 4) is 0 Å². The number of hydrogen-bond donors (Lipinski definition) is 1. The van der Waals surface area contributed by atoms with Gasteiger partial charge in [-0.1, -0.05) is 44.2 Å². The fourth-order valence-corrected chi connectivity index (χ4v) is 4.49. The van der Waals surface area contributed by atoms with Gasteiger partial charge in [-0.05, 0) is 37.3 Å². The molecule has 4 atom stereocenters. The number of halogens is 1. The highest BCUT2D eigenvalue weighted by molar-refractivity contribution is 5.85. The van der Waals surface area contributed by atoms with Gasteiger partial charge in [0.2, 0.25) is 11.8 Å². The van der Waals surface area contributed by atoms with E-state index in [2.05, 4.69) is 12.1 Å². The van der Waals surface area contributed by atoms with Crippen molar-refractivity contribution in [2.75, 3.05) is 32.7 Å². The molecule has 2 unspecified atom stereocenters. The molecule has 2 fully saturated rings. The second-order valence-corrected chi connectivity index (χ2v) is 8.19. The van der Waals surface area contributed by atoms with Crippen LogP contribution in [-0.4, -0.2) is 54.3 Å². The number of carbonyl (C=O) groups is 2. The molecule has 0 saturated carbocycles. The van der Waals surface area contributed by atoms with Crippen molar-refractivity contribution in [3.63, 3.8) is 0 Å². The normalized spacial score (nSPS) is 25.9. The Morgan fingerprint density at radius 3 is 2.50 bits per heavy atom. The van der Waals surface area contributed by atoms with Crippen LogP contribution in [0.15, 0.2) is 30.3 Å². The fourth-order valence-electron chi connectivity index (χ4n) is 4.49. The second kappa shape index (κ2) is 10.3. The van der Waals surface area contributed by atoms with Crippen LogP contribution in [0.4, 0.5) is 0 Å². The quantitative estimate of drug-likeness (QED) is 0.816. The molecule has 0 spiro atoms. The van der Waals surface area contributed by atoms with Gasteiger partial charge < -0.3 is 15.5 Å². The van der Waals surface area contributed by atoms with Crippen molar-refractivity contribution in [2.24, 2.45) is 23.5 Å². The molecule has 3 rings (SSSR count). The van der Waals surface area contributed by atoms with E-state index in [-0.39, 0.29) is 36.1 Å². The number of benzene rings is 1. The van der Waals surface area contributed by atoms with E-state index >= 15 is 0 Å². The van der Waals surface area contributed by atoms with Gasteiger partial charge in [0.1, 0.15) is 0 Å². The van der Waals surface area contributed by atoms with Crippen LogP contribution >= 0.6 is 12.4 Å². The largest absolute Gasteiger partial charge is 0.342 e. The molecular weight excluding hydrogens is 374 g/mol. The first-order valence-corrected chi connectivity index (χ1v) is 10.4. The van der Waals surface area contributed by atoms with Crippen LogP contribution in [0.25, 0.3) is 0 Å². The highest BCUT2D eigenvalue weighted by Gasteiger charge is 2.39.